The normalized spacial score (nSPS) is 15.7. The lowest BCUT2D eigenvalue weighted by Crippen LogP contribution is -2.38. The molecule has 0 saturated carbocycles. The Balaban J connectivity index is 1.26. The highest BCUT2D eigenvalue weighted by Gasteiger charge is 2.25. The molecule has 1 unspecified atom stereocenters. The minimum absolute atomic E-state index is 0.0158. The van der Waals surface area contributed by atoms with E-state index in [4.69, 9.17) is 9.47 Å². The second-order valence-electron chi connectivity index (χ2n) is 8.81. The number of likely N-dealkylation sites (tertiary alicyclic amines) is 1. The quantitative estimate of drug-likeness (QED) is 0.213. The molecule has 1 aliphatic rings. The number of hydrogen-bond acceptors (Lipinski definition) is 5. The number of nitro groups is 1. The molecule has 3 aromatic carbocycles. The van der Waals surface area contributed by atoms with Crippen molar-refractivity contribution in [2.75, 3.05) is 26.2 Å². The van der Waals surface area contributed by atoms with Gasteiger partial charge in [0.1, 0.15) is 6.10 Å². The summed E-state index contributed by atoms with van der Waals surface area (Å²) in [5.41, 5.74) is 3.63. The fourth-order valence-corrected chi connectivity index (χ4v) is 4.47. The van der Waals surface area contributed by atoms with E-state index in [0.29, 0.717) is 12.4 Å². The lowest BCUT2D eigenvalue weighted by molar-refractivity contribution is -0.385. The lowest BCUT2D eigenvalue weighted by atomic mass is 9.98. The Hall–Kier alpha value is -3.22. The smallest absolute Gasteiger partial charge is 0.310 e. The number of para-hydroxylation sites is 2. The van der Waals surface area contributed by atoms with Crippen molar-refractivity contribution in [3.63, 3.8) is 0 Å². The summed E-state index contributed by atoms with van der Waals surface area (Å²) < 4.78 is 12.3. The summed E-state index contributed by atoms with van der Waals surface area (Å²) in [7, 11) is 0. The van der Waals surface area contributed by atoms with Gasteiger partial charge in [0.15, 0.2) is 5.75 Å². The van der Waals surface area contributed by atoms with Crippen molar-refractivity contribution in [3.8, 4) is 5.75 Å². The van der Waals surface area contributed by atoms with Gasteiger partial charge in [-0.15, -0.1) is 0 Å². The van der Waals surface area contributed by atoms with Gasteiger partial charge in [-0.3, -0.25) is 10.1 Å². The Morgan fingerprint density at radius 1 is 0.971 bits per heavy atom. The molecule has 0 amide bonds. The van der Waals surface area contributed by atoms with Crippen molar-refractivity contribution >= 4 is 5.69 Å². The van der Waals surface area contributed by atoms with Crippen LogP contribution in [0.3, 0.4) is 0 Å². The SMILES string of the molecule is Cc1cccc(C(OC2CCN(CCCOc3ccccc3[N+](=O)[O-])CC2)c2ccccc2)c1. The summed E-state index contributed by atoms with van der Waals surface area (Å²) in [6.45, 7) is 5.44. The molecule has 34 heavy (non-hydrogen) atoms. The molecule has 0 aliphatic carbocycles. The molecule has 0 spiro atoms. The zero-order chi connectivity index (χ0) is 23.8. The van der Waals surface area contributed by atoms with Crippen molar-refractivity contribution in [3.05, 3.63) is 106 Å². The molecule has 0 bridgehead atoms. The van der Waals surface area contributed by atoms with Gasteiger partial charge in [-0.1, -0.05) is 72.3 Å². The molecular weight excluding hydrogens is 428 g/mol. The average molecular weight is 461 g/mol. The number of nitro benzene ring substituents is 1. The Labute approximate surface area is 201 Å². The second-order valence-corrected chi connectivity index (χ2v) is 8.81. The zero-order valence-corrected chi connectivity index (χ0v) is 19.6. The first kappa shape index (κ1) is 23.9. The molecule has 1 fully saturated rings. The minimum Gasteiger partial charge on any atom is -0.487 e. The van der Waals surface area contributed by atoms with E-state index in [0.717, 1.165) is 38.9 Å². The predicted molar refractivity (Wildman–Crippen MR) is 133 cm³/mol. The van der Waals surface area contributed by atoms with E-state index in [-0.39, 0.29) is 17.9 Å². The van der Waals surface area contributed by atoms with E-state index in [1.165, 1.54) is 22.8 Å². The number of ether oxygens (including phenoxy) is 2. The molecule has 0 radical (unpaired) electrons. The van der Waals surface area contributed by atoms with Gasteiger partial charge in [-0.05, 0) is 43.4 Å². The summed E-state index contributed by atoms with van der Waals surface area (Å²) in [5.74, 6) is 0.336. The van der Waals surface area contributed by atoms with Crippen LogP contribution in [0.1, 0.15) is 42.1 Å². The maximum atomic E-state index is 11.1. The number of hydrogen-bond donors (Lipinski definition) is 0. The van der Waals surface area contributed by atoms with Crippen LogP contribution in [0.2, 0.25) is 0 Å². The van der Waals surface area contributed by atoms with Crippen molar-refractivity contribution in [1.82, 2.24) is 4.90 Å². The van der Waals surface area contributed by atoms with E-state index < -0.39 is 4.92 Å². The largest absolute Gasteiger partial charge is 0.487 e. The van der Waals surface area contributed by atoms with E-state index in [1.807, 2.05) is 6.07 Å². The maximum Gasteiger partial charge on any atom is 0.310 e. The van der Waals surface area contributed by atoms with Crippen LogP contribution in [-0.2, 0) is 4.74 Å². The average Bonchev–Trinajstić information content (AvgIpc) is 2.86. The van der Waals surface area contributed by atoms with E-state index in [1.54, 1.807) is 18.2 Å². The van der Waals surface area contributed by atoms with Crippen LogP contribution < -0.4 is 4.74 Å². The van der Waals surface area contributed by atoms with Gasteiger partial charge in [-0.25, -0.2) is 0 Å². The number of benzene rings is 3. The molecule has 1 heterocycles. The fourth-order valence-electron chi connectivity index (χ4n) is 4.47. The monoisotopic (exact) mass is 460 g/mol. The molecule has 1 atom stereocenters. The fraction of sp³-hybridized carbons (Fsp3) is 0.357. The summed E-state index contributed by atoms with van der Waals surface area (Å²) in [5, 5.41) is 11.1. The Morgan fingerprint density at radius 2 is 1.68 bits per heavy atom. The zero-order valence-electron chi connectivity index (χ0n) is 19.6. The van der Waals surface area contributed by atoms with Crippen molar-refractivity contribution in [2.45, 2.75) is 38.4 Å². The first-order valence-electron chi connectivity index (χ1n) is 12.0. The van der Waals surface area contributed by atoms with Gasteiger partial charge in [0.25, 0.3) is 0 Å². The molecule has 1 saturated heterocycles. The highest BCUT2D eigenvalue weighted by atomic mass is 16.6. The third-order valence-corrected chi connectivity index (χ3v) is 6.25. The van der Waals surface area contributed by atoms with Gasteiger partial charge in [0.05, 0.1) is 17.6 Å². The second kappa shape index (κ2) is 11.8. The Kier molecular flexibility index (Phi) is 8.28. The van der Waals surface area contributed by atoms with Gasteiger partial charge >= 0.3 is 5.69 Å². The number of nitrogens with zero attached hydrogens (tertiary/aromatic N) is 2. The van der Waals surface area contributed by atoms with Crippen LogP contribution >= 0.6 is 0 Å². The number of aryl methyl sites for hydroxylation is 1. The van der Waals surface area contributed by atoms with Gasteiger partial charge < -0.3 is 14.4 Å². The van der Waals surface area contributed by atoms with Crippen molar-refractivity contribution < 1.29 is 14.4 Å². The first-order chi connectivity index (χ1) is 16.6. The van der Waals surface area contributed by atoms with Gasteiger partial charge in [0, 0.05) is 25.7 Å². The molecule has 1 aliphatic heterocycles. The van der Waals surface area contributed by atoms with Crippen molar-refractivity contribution in [2.24, 2.45) is 0 Å². The highest BCUT2D eigenvalue weighted by molar-refractivity contribution is 5.45. The molecule has 178 valence electrons. The van der Waals surface area contributed by atoms with Crippen LogP contribution in [0.4, 0.5) is 5.69 Å². The third kappa shape index (κ3) is 6.43. The summed E-state index contributed by atoms with van der Waals surface area (Å²) in [6, 6.07) is 25.5. The van der Waals surface area contributed by atoms with E-state index >= 15 is 0 Å². The standard InChI is InChI=1S/C28H32N2O4/c1-22-9-7-12-24(21-22)28(23-10-3-2-4-11-23)34-25-15-18-29(19-16-25)17-8-20-33-27-14-6-5-13-26(27)30(31)32/h2-7,9-14,21,25,28H,8,15-20H2,1H3. The molecule has 3 aromatic rings. The molecule has 6 nitrogen and oxygen atoms in total. The molecule has 0 N–H and O–H groups in total. The highest BCUT2D eigenvalue weighted by Crippen LogP contribution is 2.31. The van der Waals surface area contributed by atoms with Gasteiger partial charge in [-0.2, -0.15) is 0 Å². The Bertz CT molecular complexity index is 1060. The van der Waals surface area contributed by atoms with Crippen LogP contribution in [0.5, 0.6) is 5.75 Å². The summed E-state index contributed by atoms with van der Waals surface area (Å²) >= 11 is 0. The van der Waals surface area contributed by atoms with E-state index in [2.05, 4.69) is 60.4 Å². The van der Waals surface area contributed by atoms with Gasteiger partial charge in [0.2, 0.25) is 0 Å². The van der Waals surface area contributed by atoms with Crippen molar-refractivity contribution in [1.29, 1.82) is 0 Å². The molecular formula is C28H32N2O4. The molecule has 0 aromatic heterocycles. The van der Waals surface area contributed by atoms with E-state index in [9.17, 15) is 10.1 Å². The minimum atomic E-state index is -0.403. The summed E-state index contributed by atoms with van der Waals surface area (Å²) in [4.78, 5) is 13.1. The maximum absolute atomic E-state index is 11.1. The third-order valence-electron chi connectivity index (χ3n) is 6.25. The molecule has 4 rings (SSSR count). The lowest BCUT2D eigenvalue weighted by Gasteiger charge is -2.34. The number of piperidine rings is 1. The van der Waals surface area contributed by atoms with Crippen LogP contribution in [0.25, 0.3) is 0 Å². The number of rotatable bonds is 10. The topological polar surface area (TPSA) is 64.8 Å². The Morgan fingerprint density at radius 3 is 2.41 bits per heavy atom. The van der Waals surface area contributed by atoms with Crippen LogP contribution in [-0.4, -0.2) is 42.2 Å². The van der Waals surface area contributed by atoms with Crippen LogP contribution in [0.15, 0.2) is 78.9 Å². The predicted octanol–water partition coefficient (Wildman–Crippen LogP) is 5.94. The summed E-state index contributed by atoms with van der Waals surface area (Å²) in [6.07, 6.45) is 2.95. The van der Waals surface area contributed by atoms with Crippen LogP contribution in [0, 0.1) is 17.0 Å². The molecule has 6 heteroatoms. The first-order valence-corrected chi connectivity index (χ1v) is 12.0.